The van der Waals surface area contributed by atoms with Crippen LogP contribution in [-0.4, -0.2) is 17.5 Å². The van der Waals surface area contributed by atoms with E-state index in [1.165, 1.54) is 11.1 Å². The maximum atomic E-state index is 11.5. The van der Waals surface area contributed by atoms with Crippen LogP contribution in [0.25, 0.3) is 0 Å². The summed E-state index contributed by atoms with van der Waals surface area (Å²) < 4.78 is 5.77. The van der Waals surface area contributed by atoms with E-state index in [9.17, 15) is 4.79 Å². The molecule has 0 bridgehead atoms. The van der Waals surface area contributed by atoms with Crippen LogP contribution in [0.4, 0.5) is 5.82 Å². The van der Waals surface area contributed by atoms with Gasteiger partial charge in [0.15, 0.2) is 0 Å². The molecule has 2 aromatic rings. The Morgan fingerprint density at radius 1 is 1.27 bits per heavy atom. The van der Waals surface area contributed by atoms with Crippen LogP contribution in [-0.2, 0) is 17.6 Å². The molecule has 22 heavy (non-hydrogen) atoms. The number of aromatic nitrogens is 1. The molecule has 3 heterocycles. The molecule has 1 unspecified atom stereocenters. The number of nitrogens with zero attached hydrogens (tertiary/aromatic N) is 1. The lowest BCUT2D eigenvalue weighted by Crippen LogP contribution is -2.20. The van der Waals surface area contributed by atoms with Gasteiger partial charge in [-0.1, -0.05) is 23.8 Å². The van der Waals surface area contributed by atoms with Gasteiger partial charge in [-0.25, -0.2) is 4.98 Å². The molecule has 1 N–H and O–H groups in total. The van der Waals surface area contributed by atoms with Crippen molar-refractivity contribution < 1.29 is 9.53 Å². The predicted octanol–water partition coefficient (Wildman–Crippen LogP) is 2.99. The van der Waals surface area contributed by atoms with Crippen LogP contribution in [0.15, 0.2) is 30.3 Å². The Kier molecular flexibility index (Phi) is 3.10. The van der Waals surface area contributed by atoms with Crippen molar-refractivity contribution in [1.29, 1.82) is 0 Å². The Morgan fingerprint density at radius 3 is 3.09 bits per heavy atom. The lowest BCUT2D eigenvalue weighted by atomic mass is 9.94. The Labute approximate surface area is 129 Å². The normalized spacial score (nSPS) is 19.1. The van der Waals surface area contributed by atoms with Crippen molar-refractivity contribution in [3.8, 4) is 5.75 Å². The van der Waals surface area contributed by atoms with Gasteiger partial charge in [-0.3, -0.25) is 4.79 Å². The van der Waals surface area contributed by atoms with Crippen LogP contribution >= 0.6 is 0 Å². The number of amides is 1. The molecule has 0 spiro atoms. The zero-order valence-electron chi connectivity index (χ0n) is 12.6. The number of fused-ring (bicyclic) bond motifs is 2. The fourth-order valence-electron chi connectivity index (χ4n) is 3.21. The van der Waals surface area contributed by atoms with Gasteiger partial charge in [0.2, 0.25) is 5.91 Å². The summed E-state index contributed by atoms with van der Waals surface area (Å²) in [4.78, 5) is 16.1. The van der Waals surface area contributed by atoms with Crippen LogP contribution in [0.2, 0.25) is 0 Å². The molecule has 4 heteroatoms. The molecular weight excluding hydrogens is 276 g/mol. The number of pyridine rings is 1. The lowest BCUT2D eigenvalue weighted by molar-refractivity contribution is -0.116. The molecule has 112 valence electrons. The molecule has 1 amide bonds. The summed E-state index contributed by atoms with van der Waals surface area (Å²) in [6.45, 7) is 2.80. The molecule has 0 saturated carbocycles. The molecule has 1 aromatic carbocycles. The minimum atomic E-state index is 0.0577. The summed E-state index contributed by atoms with van der Waals surface area (Å²) in [7, 11) is 0. The molecule has 0 fully saturated rings. The highest BCUT2D eigenvalue weighted by Gasteiger charge is 2.25. The standard InChI is InChI=1S/C18H18N2O2/c1-11-2-6-16-15(8-11)13(10-22-16)9-14-5-3-12-4-7-17(21)20-18(12)19-14/h2-3,5-6,8,13H,4,7,9-10H2,1H3,(H,19,20,21). The zero-order valence-corrected chi connectivity index (χ0v) is 12.6. The summed E-state index contributed by atoms with van der Waals surface area (Å²) in [6.07, 6.45) is 2.17. The predicted molar refractivity (Wildman–Crippen MR) is 84.3 cm³/mol. The Morgan fingerprint density at radius 2 is 2.18 bits per heavy atom. The zero-order chi connectivity index (χ0) is 15.1. The van der Waals surface area contributed by atoms with Crippen molar-refractivity contribution in [3.63, 3.8) is 0 Å². The number of anilines is 1. The van der Waals surface area contributed by atoms with Crippen molar-refractivity contribution in [2.24, 2.45) is 0 Å². The maximum Gasteiger partial charge on any atom is 0.225 e. The molecule has 1 aromatic heterocycles. The van der Waals surface area contributed by atoms with Crippen molar-refractivity contribution in [3.05, 3.63) is 52.7 Å². The summed E-state index contributed by atoms with van der Waals surface area (Å²) in [5.74, 6) is 2.11. The Balaban J connectivity index is 1.59. The number of aryl methyl sites for hydroxylation is 2. The topological polar surface area (TPSA) is 51.2 Å². The fourth-order valence-corrected chi connectivity index (χ4v) is 3.21. The van der Waals surface area contributed by atoms with Gasteiger partial charge in [-0.05, 0) is 37.5 Å². The van der Waals surface area contributed by atoms with Gasteiger partial charge in [-0.2, -0.15) is 0 Å². The molecule has 0 radical (unpaired) electrons. The van der Waals surface area contributed by atoms with Crippen LogP contribution in [0.1, 0.15) is 34.7 Å². The number of nitrogens with one attached hydrogen (secondary N) is 1. The van der Waals surface area contributed by atoms with Crippen molar-refractivity contribution in [1.82, 2.24) is 4.98 Å². The van der Waals surface area contributed by atoms with E-state index in [0.29, 0.717) is 18.9 Å². The van der Waals surface area contributed by atoms with Crippen molar-refractivity contribution in [2.75, 3.05) is 11.9 Å². The van der Waals surface area contributed by atoms with Crippen LogP contribution in [0.5, 0.6) is 5.75 Å². The first-order valence-corrected chi connectivity index (χ1v) is 7.71. The number of benzene rings is 1. The van der Waals surface area contributed by atoms with Crippen LogP contribution in [0.3, 0.4) is 0 Å². The van der Waals surface area contributed by atoms with Gasteiger partial charge in [0.05, 0.1) is 6.61 Å². The number of hydrogen-bond acceptors (Lipinski definition) is 3. The van der Waals surface area contributed by atoms with E-state index in [2.05, 4.69) is 41.5 Å². The first-order chi connectivity index (χ1) is 10.7. The minimum Gasteiger partial charge on any atom is -0.493 e. The largest absolute Gasteiger partial charge is 0.493 e. The highest BCUT2D eigenvalue weighted by atomic mass is 16.5. The molecule has 4 rings (SSSR count). The van der Waals surface area contributed by atoms with Gasteiger partial charge in [0.1, 0.15) is 11.6 Å². The number of hydrogen-bond donors (Lipinski definition) is 1. The Hall–Kier alpha value is -2.36. The highest BCUT2D eigenvalue weighted by Crippen LogP contribution is 2.36. The summed E-state index contributed by atoms with van der Waals surface area (Å²) in [5.41, 5.74) is 4.65. The second-order valence-electron chi connectivity index (χ2n) is 6.11. The molecular formula is C18H18N2O2. The molecule has 0 aliphatic carbocycles. The third kappa shape index (κ3) is 2.34. The van der Waals surface area contributed by atoms with Crippen LogP contribution < -0.4 is 10.1 Å². The summed E-state index contributed by atoms with van der Waals surface area (Å²) in [5, 5.41) is 2.87. The smallest absolute Gasteiger partial charge is 0.225 e. The second kappa shape index (κ2) is 5.13. The third-order valence-corrected chi connectivity index (χ3v) is 4.42. The average Bonchev–Trinajstić information content (AvgIpc) is 2.89. The molecule has 4 nitrogen and oxygen atoms in total. The number of carbonyl (C=O) groups excluding carboxylic acids is 1. The quantitative estimate of drug-likeness (QED) is 0.926. The number of ether oxygens (including phenoxy) is 1. The maximum absolute atomic E-state index is 11.5. The number of rotatable bonds is 2. The summed E-state index contributed by atoms with van der Waals surface area (Å²) >= 11 is 0. The lowest BCUT2D eigenvalue weighted by Gasteiger charge is -2.17. The molecule has 2 aliphatic rings. The molecule has 0 saturated heterocycles. The third-order valence-electron chi connectivity index (χ3n) is 4.42. The fraction of sp³-hybridized carbons (Fsp3) is 0.333. The van der Waals surface area contributed by atoms with Gasteiger partial charge >= 0.3 is 0 Å². The summed E-state index contributed by atoms with van der Waals surface area (Å²) in [6, 6.07) is 10.5. The van der Waals surface area contributed by atoms with E-state index in [4.69, 9.17) is 4.74 Å². The monoisotopic (exact) mass is 294 g/mol. The van der Waals surface area contributed by atoms with Crippen LogP contribution in [0, 0.1) is 6.92 Å². The SMILES string of the molecule is Cc1ccc2c(c1)C(Cc1ccc3c(n1)NC(=O)CC3)CO2. The Bertz CT molecular complexity index is 755. The van der Waals surface area contributed by atoms with E-state index in [1.807, 2.05) is 6.07 Å². The van der Waals surface area contributed by atoms with Crippen molar-refractivity contribution >= 4 is 11.7 Å². The van der Waals surface area contributed by atoms with Gasteiger partial charge in [0, 0.05) is 23.6 Å². The van der Waals surface area contributed by atoms with E-state index in [-0.39, 0.29) is 5.91 Å². The molecule has 1 atom stereocenters. The molecule has 2 aliphatic heterocycles. The van der Waals surface area contributed by atoms with E-state index >= 15 is 0 Å². The first kappa shape index (κ1) is 13.3. The van der Waals surface area contributed by atoms with Crippen molar-refractivity contribution in [2.45, 2.75) is 32.1 Å². The number of carbonyl (C=O) groups is 1. The van der Waals surface area contributed by atoms with Gasteiger partial charge < -0.3 is 10.1 Å². The average molecular weight is 294 g/mol. The second-order valence-corrected chi connectivity index (χ2v) is 6.11. The first-order valence-electron chi connectivity index (χ1n) is 7.71. The highest BCUT2D eigenvalue weighted by molar-refractivity contribution is 5.92. The van der Waals surface area contributed by atoms with E-state index in [0.717, 1.165) is 35.7 Å². The van der Waals surface area contributed by atoms with Gasteiger partial charge in [0.25, 0.3) is 0 Å². The van der Waals surface area contributed by atoms with Gasteiger partial charge in [-0.15, -0.1) is 0 Å². The van der Waals surface area contributed by atoms with E-state index < -0.39 is 0 Å². The van der Waals surface area contributed by atoms with E-state index in [1.54, 1.807) is 0 Å². The minimum absolute atomic E-state index is 0.0577.